The summed E-state index contributed by atoms with van der Waals surface area (Å²) in [5, 5.41) is 8.20. The molecule has 1 heterocycles. The van der Waals surface area contributed by atoms with E-state index in [9.17, 15) is 0 Å². The van der Waals surface area contributed by atoms with Crippen LogP contribution in [0.5, 0.6) is 0 Å². The minimum Gasteiger partial charge on any atom is -0.156 e. The second-order valence-electron chi connectivity index (χ2n) is 1.82. The van der Waals surface area contributed by atoms with E-state index in [1.807, 2.05) is 6.92 Å². The Hall–Kier alpha value is -0.340. The van der Waals surface area contributed by atoms with Crippen LogP contribution >= 0.6 is 23.2 Å². The van der Waals surface area contributed by atoms with Gasteiger partial charge >= 0.3 is 0 Å². The van der Waals surface area contributed by atoms with Crippen molar-refractivity contribution in [1.29, 1.82) is 0 Å². The van der Waals surface area contributed by atoms with Gasteiger partial charge in [0.15, 0.2) is 5.15 Å². The summed E-state index contributed by atoms with van der Waals surface area (Å²) in [7, 11) is 0. The van der Waals surface area contributed by atoms with E-state index in [1.54, 1.807) is 0 Å². The van der Waals surface area contributed by atoms with Crippen molar-refractivity contribution in [2.75, 3.05) is 0 Å². The highest BCUT2D eigenvalue weighted by molar-refractivity contribution is 6.35. The van der Waals surface area contributed by atoms with E-state index in [4.69, 9.17) is 23.2 Å². The summed E-state index contributed by atoms with van der Waals surface area (Å²) in [6.07, 6.45) is 2.28. The Morgan fingerprint density at radius 3 is 2.60 bits per heavy atom. The standard InChI is InChI=1S/C6H6Cl2N2/c1-2-4-5(7)3-9-10-6(4)8/h3H,2H2,1H3. The SMILES string of the molecule is CCc1c(Cl)cnnc1Cl. The third kappa shape index (κ3) is 1.39. The quantitative estimate of drug-likeness (QED) is 0.657. The van der Waals surface area contributed by atoms with Crippen LogP contribution in [0.2, 0.25) is 10.2 Å². The van der Waals surface area contributed by atoms with Crippen LogP contribution in [0.3, 0.4) is 0 Å². The molecule has 4 heteroatoms. The molecule has 1 aromatic heterocycles. The van der Waals surface area contributed by atoms with Crippen molar-refractivity contribution >= 4 is 23.2 Å². The van der Waals surface area contributed by atoms with Gasteiger partial charge < -0.3 is 0 Å². The fraction of sp³-hybridized carbons (Fsp3) is 0.333. The molecule has 0 radical (unpaired) electrons. The highest BCUT2D eigenvalue weighted by Gasteiger charge is 2.03. The first-order valence-corrected chi connectivity index (χ1v) is 3.67. The number of hydrogen-bond donors (Lipinski definition) is 0. The molecule has 0 bridgehead atoms. The average Bonchev–Trinajstić information content (AvgIpc) is 1.88. The second kappa shape index (κ2) is 3.17. The lowest BCUT2D eigenvalue weighted by Crippen LogP contribution is -1.89. The molecule has 0 aliphatic carbocycles. The number of aromatic nitrogens is 2. The summed E-state index contributed by atoms with van der Waals surface area (Å²) >= 11 is 11.4. The van der Waals surface area contributed by atoms with E-state index in [0.29, 0.717) is 10.2 Å². The molecule has 1 rings (SSSR count). The van der Waals surface area contributed by atoms with E-state index >= 15 is 0 Å². The van der Waals surface area contributed by atoms with Crippen LogP contribution in [0.1, 0.15) is 12.5 Å². The molecule has 0 aliphatic rings. The van der Waals surface area contributed by atoms with E-state index in [1.165, 1.54) is 6.20 Å². The predicted molar refractivity (Wildman–Crippen MR) is 41.4 cm³/mol. The number of nitrogens with zero attached hydrogens (tertiary/aromatic N) is 2. The van der Waals surface area contributed by atoms with E-state index in [2.05, 4.69) is 10.2 Å². The molecular weight excluding hydrogens is 171 g/mol. The van der Waals surface area contributed by atoms with Crippen molar-refractivity contribution in [2.45, 2.75) is 13.3 Å². The first-order valence-electron chi connectivity index (χ1n) is 2.91. The Kier molecular flexibility index (Phi) is 2.46. The molecule has 0 amide bonds. The summed E-state index contributed by atoms with van der Waals surface area (Å²) in [5.41, 5.74) is 0.860. The fourth-order valence-corrected chi connectivity index (χ4v) is 1.28. The van der Waals surface area contributed by atoms with E-state index < -0.39 is 0 Å². The van der Waals surface area contributed by atoms with E-state index in [0.717, 1.165) is 12.0 Å². The fourth-order valence-electron chi connectivity index (χ4n) is 0.682. The molecule has 54 valence electrons. The third-order valence-corrected chi connectivity index (χ3v) is 1.84. The maximum atomic E-state index is 5.74. The Bertz CT molecular complexity index is 217. The summed E-state index contributed by atoms with van der Waals surface area (Å²) in [6.45, 7) is 1.97. The van der Waals surface area contributed by atoms with Crippen LogP contribution in [0.15, 0.2) is 6.20 Å². The predicted octanol–water partition coefficient (Wildman–Crippen LogP) is 2.35. The minimum atomic E-state index is 0.398. The zero-order valence-corrected chi connectivity index (χ0v) is 6.95. The second-order valence-corrected chi connectivity index (χ2v) is 2.58. The molecular formula is C6H6Cl2N2. The van der Waals surface area contributed by atoms with Gasteiger partial charge in [0.05, 0.1) is 11.2 Å². The van der Waals surface area contributed by atoms with E-state index in [-0.39, 0.29) is 0 Å². The Labute approximate surface area is 69.2 Å². The maximum Gasteiger partial charge on any atom is 0.156 e. The highest BCUT2D eigenvalue weighted by atomic mass is 35.5. The summed E-state index contributed by atoms with van der Waals surface area (Å²) in [6, 6.07) is 0. The zero-order chi connectivity index (χ0) is 7.56. The topological polar surface area (TPSA) is 25.8 Å². The first kappa shape index (κ1) is 7.76. The first-order chi connectivity index (χ1) is 4.75. The molecule has 0 aliphatic heterocycles. The van der Waals surface area contributed by atoms with Gasteiger partial charge in [0.1, 0.15) is 0 Å². The average molecular weight is 177 g/mol. The van der Waals surface area contributed by atoms with Gasteiger partial charge in [-0.15, -0.1) is 5.10 Å². The smallest absolute Gasteiger partial charge is 0.156 e. The monoisotopic (exact) mass is 176 g/mol. The van der Waals surface area contributed by atoms with Crippen LogP contribution in [0.25, 0.3) is 0 Å². The van der Waals surface area contributed by atoms with Gasteiger partial charge in [-0.2, -0.15) is 5.10 Å². The lowest BCUT2D eigenvalue weighted by atomic mass is 10.2. The lowest BCUT2D eigenvalue weighted by Gasteiger charge is -1.98. The summed E-state index contributed by atoms with van der Waals surface area (Å²) < 4.78 is 0. The molecule has 0 spiro atoms. The molecule has 0 fully saturated rings. The summed E-state index contributed by atoms with van der Waals surface area (Å²) in [5.74, 6) is 0. The molecule has 0 aromatic carbocycles. The number of halogens is 2. The van der Waals surface area contributed by atoms with Crippen molar-refractivity contribution in [1.82, 2.24) is 10.2 Å². The van der Waals surface area contributed by atoms with Crippen molar-refractivity contribution < 1.29 is 0 Å². The largest absolute Gasteiger partial charge is 0.156 e. The summed E-state index contributed by atoms with van der Waals surface area (Å²) in [4.78, 5) is 0. The van der Waals surface area contributed by atoms with Crippen LogP contribution in [0, 0.1) is 0 Å². The van der Waals surface area contributed by atoms with Gasteiger partial charge in [-0.25, -0.2) is 0 Å². The van der Waals surface area contributed by atoms with Gasteiger partial charge in [-0.1, -0.05) is 30.1 Å². The van der Waals surface area contributed by atoms with Gasteiger partial charge in [0.2, 0.25) is 0 Å². The van der Waals surface area contributed by atoms with Gasteiger partial charge in [-0.05, 0) is 6.42 Å². The zero-order valence-electron chi connectivity index (χ0n) is 5.43. The lowest BCUT2D eigenvalue weighted by molar-refractivity contribution is 0.984. The van der Waals surface area contributed by atoms with Crippen LogP contribution in [-0.2, 0) is 6.42 Å². The molecule has 0 saturated heterocycles. The minimum absolute atomic E-state index is 0.398. The number of hydrogen-bond acceptors (Lipinski definition) is 2. The van der Waals surface area contributed by atoms with Crippen molar-refractivity contribution in [3.8, 4) is 0 Å². The molecule has 0 saturated carbocycles. The number of rotatable bonds is 1. The Balaban J connectivity index is 3.17. The molecule has 1 aromatic rings. The van der Waals surface area contributed by atoms with Gasteiger partial charge in [-0.3, -0.25) is 0 Å². The van der Waals surface area contributed by atoms with Crippen LogP contribution < -0.4 is 0 Å². The van der Waals surface area contributed by atoms with Gasteiger partial charge in [0, 0.05) is 5.56 Å². The normalized spacial score (nSPS) is 9.90. The van der Waals surface area contributed by atoms with Crippen molar-refractivity contribution in [3.63, 3.8) is 0 Å². The highest BCUT2D eigenvalue weighted by Crippen LogP contribution is 2.20. The molecule has 0 atom stereocenters. The maximum absolute atomic E-state index is 5.74. The van der Waals surface area contributed by atoms with Crippen LogP contribution in [0.4, 0.5) is 0 Å². The Morgan fingerprint density at radius 1 is 1.50 bits per heavy atom. The van der Waals surface area contributed by atoms with Crippen LogP contribution in [-0.4, -0.2) is 10.2 Å². The third-order valence-electron chi connectivity index (χ3n) is 1.21. The molecule has 10 heavy (non-hydrogen) atoms. The van der Waals surface area contributed by atoms with Gasteiger partial charge in [0.25, 0.3) is 0 Å². The van der Waals surface area contributed by atoms with Crippen molar-refractivity contribution in [3.05, 3.63) is 21.9 Å². The Morgan fingerprint density at radius 2 is 2.20 bits per heavy atom. The molecule has 0 unspecified atom stereocenters. The molecule has 0 N–H and O–H groups in total. The molecule has 2 nitrogen and oxygen atoms in total. The van der Waals surface area contributed by atoms with Crippen molar-refractivity contribution in [2.24, 2.45) is 0 Å².